The van der Waals surface area contributed by atoms with Gasteiger partial charge in [0, 0.05) is 7.11 Å². The summed E-state index contributed by atoms with van der Waals surface area (Å²) in [4.78, 5) is 0. The highest BCUT2D eigenvalue weighted by Crippen LogP contribution is 2.03. The van der Waals surface area contributed by atoms with Crippen LogP contribution in [0.1, 0.15) is 13.3 Å². The summed E-state index contributed by atoms with van der Waals surface area (Å²) in [6.45, 7) is 5.58. The van der Waals surface area contributed by atoms with Crippen LogP contribution in [0.2, 0.25) is 0 Å². The second kappa shape index (κ2) is 7.19. The normalized spacial score (nSPS) is 13.7. The Morgan fingerprint density at radius 3 is 2.56 bits per heavy atom. The van der Waals surface area contributed by atoms with Crippen LogP contribution < -0.4 is 0 Å². The number of nitrogens with zero attached hydrogens (tertiary/aromatic N) is 1. The molecule has 0 aromatic rings. The first-order chi connectivity index (χ1) is 7.40. The molecule has 0 N–H and O–H groups in total. The number of methoxy groups -OCH3 is 1. The molecule has 0 aliphatic rings. The van der Waals surface area contributed by atoms with Gasteiger partial charge < -0.3 is 4.74 Å². The quantitative estimate of drug-likeness (QED) is 0.388. The minimum atomic E-state index is -3.56. The third kappa shape index (κ3) is 7.19. The highest BCUT2D eigenvalue weighted by molar-refractivity contribution is 7.85. The van der Waals surface area contributed by atoms with Gasteiger partial charge in [0.05, 0.1) is 18.6 Å². The van der Waals surface area contributed by atoms with Gasteiger partial charge in [-0.15, -0.1) is 6.58 Å². The zero-order valence-corrected chi connectivity index (χ0v) is 10.6. The van der Waals surface area contributed by atoms with E-state index in [4.69, 9.17) is 4.74 Å². The molecule has 0 aliphatic carbocycles. The van der Waals surface area contributed by atoms with Crippen molar-refractivity contribution < 1.29 is 17.4 Å². The second-order valence-electron chi connectivity index (χ2n) is 3.14. The van der Waals surface area contributed by atoms with E-state index in [1.54, 1.807) is 20.1 Å². The second-order valence-corrected chi connectivity index (χ2v) is 4.70. The molecule has 0 saturated carbocycles. The van der Waals surface area contributed by atoms with Gasteiger partial charge >= 0.3 is 10.1 Å². The van der Waals surface area contributed by atoms with E-state index in [-0.39, 0.29) is 0 Å². The fourth-order valence-electron chi connectivity index (χ4n) is 0.874. The average Bonchev–Trinajstić information content (AvgIpc) is 2.19. The number of rotatable bonds is 7. The largest absolute Gasteiger partial charge is 0.380 e. The Hall–Kier alpha value is -1.14. The molecule has 5 nitrogen and oxygen atoms in total. The topological polar surface area (TPSA) is 65.0 Å². The number of ether oxygens (including phenoxy) is 1. The Bertz CT molecular complexity index is 382. The Balaban J connectivity index is 4.72. The number of hydrogen-bond acceptors (Lipinski definition) is 5. The molecule has 0 saturated heterocycles. The van der Waals surface area contributed by atoms with Crippen molar-refractivity contribution in [2.75, 3.05) is 20.0 Å². The van der Waals surface area contributed by atoms with E-state index < -0.39 is 10.1 Å². The maximum absolute atomic E-state index is 10.7. The van der Waals surface area contributed by atoms with Crippen molar-refractivity contribution in [1.29, 1.82) is 0 Å². The molecule has 0 amide bonds. The monoisotopic (exact) mass is 247 g/mol. The fourth-order valence-corrected chi connectivity index (χ4v) is 1.12. The lowest BCUT2D eigenvalue weighted by Crippen LogP contribution is -2.07. The van der Waals surface area contributed by atoms with Gasteiger partial charge in [0.1, 0.15) is 0 Å². The molecule has 0 rings (SSSR count). The van der Waals surface area contributed by atoms with Crippen molar-refractivity contribution in [3.8, 4) is 0 Å². The van der Waals surface area contributed by atoms with E-state index in [0.717, 1.165) is 11.8 Å². The summed E-state index contributed by atoms with van der Waals surface area (Å²) >= 11 is 0. The molecule has 0 radical (unpaired) electrons. The molecular weight excluding hydrogens is 230 g/mol. The Labute approximate surface area is 96.6 Å². The predicted molar refractivity (Wildman–Crippen MR) is 63.8 cm³/mol. The number of allylic oxidation sites excluding steroid dienone is 2. The molecule has 6 heteroatoms. The molecular formula is C10H17NO4S. The molecule has 16 heavy (non-hydrogen) atoms. The van der Waals surface area contributed by atoms with Crippen molar-refractivity contribution >= 4 is 15.8 Å². The lowest BCUT2D eigenvalue weighted by molar-refractivity contribution is 0.229. The van der Waals surface area contributed by atoms with Crippen LogP contribution in [-0.2, 0) is 19.1 Å². The summed E-state index contributed by atoms with van der Waals surface area (Å²) in [5, 5.41) is 3.51. The molecule has 0 aromatic carbocycles. The third-order valence-corrected chi connectivity index (χ3v) is 1.95. The minimum absolute atomic E-state index is 0.344. The number of oxime groups is 1. The van der Waals surface area contributed by atoms with E-state index in [0.29, 0.717) is 18.7 Å². The molecule has 0 aromatic heterocycles. The minimum Gasteiger partial charge on any atom is -0.380 e. The Kier molecular flexibility index (Phi) is 6.67. The van der Waals surface area contributed by atoms with Crippen molar-refractivity contribution in [3.63, 3.8) is 0 Å². The molecule has 0 bridgehead atoms. The van der Waals surface area contributed by atoms with Crippen LogP contribution in [0, 0.1) is 0 Å². The van der Waals surface area contributed by atoms with E-state index in [1.165, 1.54) is 0 Å². The molecule has 0 aliphatic heterocycles. The van der Waals surface area contributed by atoms with Gasteiger partial charge in [-0.2, -0.15) is 8.42 Å². The summed E-state index contributed by atoms with van der Waals surface area (Å²) in [5.74, 6) is 0. The van der Waals surface area contributed by atoms with Gasteiger partial charge in [0.2, 0.25) is 0 Å². The first-order valence-electron chi connectivity index (χ1n) is 4.63. The van der Waals surface area contributed by atoms with Gasteiger partial charge in [-0.1, -0.05) is 17.3 Å². The molecule has 0 fully saturated rings. The maximum Gasteiger partial charge on any atom is 0.325 e. The SMILES string of the molecule is C=CC/C=C(COC)/C(C)=N/OS(C)(=O)=O. The van der Waals surface area contributed by atoms with Crippen LogP contribution in [0.4, 0.5) is 0 Å². The zero-order valence-electron chi connectivity index (χ0n) is 9.76. The highest BCUT2D eigenvalue weighted by Gasteiger charge is 2.04. The highest BCUT2D eigenvalue weighted by atomic mass is 32.2. The van der Waals surface area contributed by atoms with E-state index in [2.05, 4.69) is 16.0 Å². The fraction of sp³-hybridized carbons (Fsp3) is 0.500. The molecule has 0 unspecified atom stereocenters. The summed E-state index contributed by atoms with van der Waals surface area (Å²) in [7, 11) is -2.02. The standard InChI is InChI=1S/C10H17NO4S/c1-5-6-7-10(8-14-3)9(2)11-15-16(4,12)13/h5,7H,1,6,8H2,2-4H3/b10-7+,11-9+. The van der Waals surface area contributed by atoms with Crippen molar-refractivity contribution in [3.05, 3.63) is 24.3 Å². The Morgan fingerprint density at radius 1 is 1.50 bits per heavy atom. The summed E-state index contributed by atoms with van der Waals surface area (Å²) in [6.07, 6.45) is 5.17. The van der Waals surface area contributed by atoms with Crippen molar-refractivity contribution in [2.24, 2.45) is 5.16 Å². The average molecular weight is 247 g/mol. The first kappa shape index (κ1) is 14.9. The van der Waals surface area contributed by atoms with Crippen LogP contribution in [0.15, 0.2) is 29.5 Å². The lowest BCUT2D eigenvalue weighted by atomic mass is 10.1. The smallest absolute Gasteiger partial charge is 0.325 e. The van der Waals surface area contributed by atoms with Crippen LogP contribution in [-0.4, -0.2) is 34.1 Å². The third-order valence-electron chi connectivity index (χ3n) is 1.61. The first-order valence-corrected chi connectivity index (χ1v) is 6.44. The van der Waals surface area contributed by atoms with E-state index in [9.17, 15) is 8.42 Å². The van der Waals surface area contributed by atoms with Crippen LogP contribution in [0.3, 0.4) is 0 Å². The zero-order chi connectivity index (χ0) is 12.6. The predicted octanol–water partition coefficient (Wildman–Crippen LogP) is 1.49. The van der Waals surface area contributed by atoms with Gasteiger partial charge in [0.25, 0.3) is 0 Å². The van der Waals surface area contributed by atoms with Gasteiger partial charge in [-0.25, -0.2) is 0 Å². The van der Waals surface area contributed by atoms with Crippen LogP contribution in [0.5, 0.6) is 0 Å². The maximum atomic E-state index is 10.7. The van der Waals surface area contributed by atoms with E-state index in [1.807, 2.05) is 6.08 Å². The van der Waals surface area contributed by atoms with E-state index >= 15 is 0 Å². The van der Waals surface area contributed by atoms with Gasteiger partial charge in [-0.3, -0.25) is 4.28 Å². The summed E-state index contributed by atoms with van der Waals surface area (Å²) in [6, 6.07) is 0. The molecule has 0 atom stereocenters. The van der Waals surface area contributed by atoms with Gasteiger partial charge in [0.15, 0.2) is 0 Å². The van der Waals surface area contributed by atoms with Gasteiger partial charge in [-0.05, 0) is 18.9 Å². The Morgan fingerprint density at radius 2 is 2.12 bits per heavy atom. The lowest BCUT2D eigenvalue weighted by Gasteiger charge is -2.05. The molecule has 0 heterocycles. The summed E-state index contributed by atoms with van der Waals surface area (Å²) < 4.78 is 30.8. The van der Waals surface area contributed by atoms with Crippen molar-refractivity contribution in [2.45, 2.75) is 13.3 Å². The van der Waals surface area contributed by atoms with Crippen molar-refractivity contribution in [1.82, 2.24) is 0 Å². The molecule has 92 valence electrons. The number of hydrogen-bond donors (Lipinski definition) is 0. The molecule has 0 spiro atoms. The van der Waals surface area contributed by atoms with Crippen LogP contribution in [0.25, 0.3) is 0 Å². The summed E-state index contributed by atoms with van der Waals surface area (Å²) in [5.41, 5.74) is 1.24. The van der Waals surface area contributed by atoms with Crippen LogP contribution >= 0.6 is 0 Å².